The van der Waals surface area contributed by atoms with Gasteiger partial charge in [0.15, 0.2) is 0 Å². The Morgan fingerprint density at radius 2 is 1.68 bits per heavy atom. The number of urea groups is 1. The van der Waals surface area contributed by atoms with Crippen LogP contribution in [-0.2, 0) is 4.79 Å². The number of benzene rings is 2. The van der Waals surface area contributed by atoms with Gasteiger partial charge in [-0.1, -0.05) is 18.2 Å². The second-order valence-electron chi connectivity index (χ2n) is 7.31. The first-order chi connectivity index (χ1) is 13.3. The number of carbonyl (C=O) groups excluding carboxylic acids is 2. The number of amides is 3. The summed E-state index contributed by atoms with van der Waals surface area (Å²) in [6.07, 6.45) is 0. The molecule has 1 atom stereocenters. The van der Waals surface area contributed by atoms with Crippen LogP contribution >= 0.6 is 0 Å². The normalized spacial score (nSPS) is 16.3. The Kier molecular flexibility index (Phi) is 5.40. The fourth-order valence-electron chi connectivity index (χ4n) is 3.23. The molecule has 6 heteroatoms. The summed E-state index contributed by atoms with van der Waals surface area (Å²) in [6, 6.07) is 12.8. The van der Waals surface area contributed by atoms with Gasteiger partial charge in [-0.2, -0.15) is 0 Å². The van der Waals surface area contributed by atoms with E-state index in [9.17, 15) is 9.59 Å². The van der Waals surface area contributed by atoms with E-state index in [1.54, 1.807) is 6.92 Å². The average Bonchev–Trinajstić information content (AvgIpc) is 2.64. The maximum atomic E-state index is 13.1. The predicted molar refractivity (Wildman–Crippen MR) is 112 cm³/mol. The minimum atomic E-state index is -0.517. The molecule has 0 aromatic heterocycles. The Bertz CT molecular complexity index is 946. The Morgan fingerprint density at radius 3 is 2.29 bits per heavy atom. The molecular formula is C22H26N4O2. The molecule has 2 aromatic carbocycles. The van der Waals surface area contributed by atoms with Gasteiger partial charge in [0.25, 0.3) is 5.91 Å². The molecule has 6 nitrogen and oxygen atoms in total. The van der Waals surface area contributed by atoms with Crippen LogP contribution in [0.15, 0.2) is 53.7 Å². The highest BCUT2D eigenvalue weighted by atomic mass is 16.2. The summed E-state index contributed by atoms with van der Waals surface area (Å²) in [6.45, 7) is 5.78. The standard InChI is InChI=1S/C22H26N4O2/c1-13-6-9-17(12-14(13)2)24-21(27)19-15(3)23-22(28)25-20(19)16-7-10-18(11-8-16)26(4)5/h6-12,20H,1-5H3,(H,24,27)(H2,23,25,28)/t20-/m1/s1. The van der Waals surface area contributed by atoms with Crippen LogP contribution in [0.5, 0.6) is 0 Å². The van der Waals surface area contributed by atoms with Crippen LogP contribution in [0.1, 0.15) is 29.7 Å². The van der Waals surface area contributed by atoms with Crippen molar-refractivity contribution in [1.29, 1.82) is 0 Å². The number of hydrogen-bond donors (Lipinski definition) is 3. The summed E-state index contributed by atoms with van der Waals surface area (Å²) < 4.78 is 0. The molecule has 146 valence electrons. The first-order valence-electron chi connectivity index (χ1n) is 9.20. The van der Waals surface area contributed by atoms with Gasteiger partial charge >= 0.3 is 6.03 Å². The van der Waals surface area contributed by atoms with Crippen LogP contribution < -0.4 is 20.9 Å². The predicted octanol–water partition coefficient (Wildman–Crippen LogP) is 3.64. The number of anilines is 2. The van der Waals surface area contributed by atoms with Gasteiger partial charge in [-0.05, 0) is 61.7 Å². The third-order valence-corrected chi connectivity index (χ3v) is 5.02. The summed E-state index contributed by atoms with van der Waals surface area (Å²) in [4.78, 5) is 27.1. The summed E-state index contributed by atoms with van der Waals surface area (Å²) in [5, 5.41) is 8.53. The van der Waals surface area contributed by atoms with Crippen molar-refractivity contribution in [1.82, 2.24) is 10.6 Å². The summed E-state index contributed by atoms with van der Waals surface area (Å²) >= 11 is 0. The van der Waals surface area contributed by atoms with E-state index < -0.39 is 6.04 Å². The molecule has 3 rings (SSSR count). The fourth-order valence-corrected chi connectivity index (χ4v) is 3.23. The van der Waals surface area contributed by atoms with Gasteiger partial charge in [-0.15, -0.1) is 0 Å². The monoisotopic (exact) mass is 378 g/mol. The Morgan fingerprint density at radius 1 is 1.00 bits per heavy atom. The van der Waals surface area contributed by atoms with Crippen LogP contribution in [0.25, 0.3) is 0 Å². The van der Waals surface area contributed by atoms with E-state index in [1.807, 2.05) is 75.3 Å². The van der Waals surface area contributed by atoms with Crippen molar-refractivity contribution in [2.24, 2.45) is 0 Å². The fraction of sp³-hybridized carbons (Fsp3) is 0.273. The molecule has 0 spiro atoms. The minimum Gasteiger partial charge on any atom is -0.378 e. The van der Waals surface area contributed by atoms with Crippen LogP contribution in [-0.4, -0.2) is 26.0 Å². The summed E-state index contributed by atoms with van der Waals surface area (Å²) in [5.41, 5.74) is 5.94. The van der Waals surface area contributed by atoms with Gasteiger partial charge in [0.05, 0.1) is 11.6 Å². The molecular weight excluding hydrogens is 352 g/mol. The number of allylic oxidation sites excluding steroid dienone is 1. The number of hydrogen-bond acceptors (Lipinski definition) is 3. The zero-order valence-corrected chi connectivity index (χ0v) is 16.9. The Hall–Kier alpha value is -3.28. The summed E-state index contributed by atoms with van der Waals surface area (Å²) in [5.74, 6) is -0.241. The lowest BCUT2D eigenvalue weighted by Gasteiger charge is -2.29. The highest BCUT2D eigenvalue weighted by Crippen LogP contribution is 2.29. The lowest BCUT2D eigenvalue weighted by molar-refractivity contribution is -0.113. The SMILES string of the molecule is CC1=C(C(=O)Nc2ccc(C)c(C)c2)[C@@H](c2ccc(N(C)C)cc2)NC(=O)N1. The van der Waals surface area contributed by atoms with Gasteiger partial charge in [-0.3, -0.25) is 4.79 Å². The van der Waals surface area contributed by atoms with E-state index in [0.717, 1.165) is 22.5 Å². The maximum Gasteiger partial charge on any atom is 0.319 e. The minimum absolute atomic E-state index is 0.241. The van der Waals surface area contributed by atoms with Crippen molar-refractivity contribution in [3.05, 3.63) is 70.4 Å². The van der Waals surface area contributed by atoms with Crippen LogP contribution in [0, 0.1) is 13.8 Å². The van der Waals surface area contributed by atoms with Crippen molar-refractivity contribution < 1.29 is 9.59 Å². The van der Waals surface area contributed by atoms with Crippen LogP contribution in [0.4, 0.5) is 16.2 Å². The molecule has 0 saturated heterocycles. The van der Waals surface area contributed by atoms with Crippen molar-refractivity contribution >= 4 is 23.3 Å². The van der Waals surface area contributed by atoms with Gasteiger partial charge in [0.2, 0.25) is 0 Å². The van der Waals surface area contributed by atoms with E-state index in [2.05, 4.69) is 16.0 Å². The lowest BCUT2D eigenvalue weighted by atomic mass is 9.94. The highest BCUT2D eigenvalue weighted by molar-refractivity contribution is 6.06. The largest absolute Gasteiger partial charge is 0.378 e. The molecule has 3 amide bonds. The molecule has 0 bridgehead atoms. The highest BCUT2D eigenvalue weighted by Gasteiger charge is 2.31. The van der Waals surface area contributed by atoms with Crippen molar-refractivity contribution in [3.63, 3.8) is 0 Å². The Labute approximate surface area is 165 Å². The third-order valence-electron chi connectivity index (χ3n) is 5.02. The topological polar surface area (TPSA) is 73.5 Å². The molecule has 3 N–H and O–H groups in total. The molecule has 1 aliphatic heterocycles. The molecule has 0 radical (unpaired) electrons. The second-order valence-corrected chi connectivity index (χ2v) is 7.31. The maximum absolute atomic E-state index is 13.1. The molecule has 0 aliphatic carbocycles. The first kappa shape index (κ1) is 19.5. The number of aryl methyl sites for hydroxylation is 2. The van der Waals surface area contributed by atoms with E-state index in [0.29, 0.717) is 11.3 Å². The van der Waals surface area contributed by atoms with Crippen molar-refractivity contribution in [3.8, 4) is 0 Å². The molecule has 2 aromatic rings. The molecule has 1 aliphatic rings. The molecule has 0 unspecified atom stereocenters. The molecule has 0 saturated carbocycles. The van der Waals surface area contributed by atoms with Gasteiger partial charge < -0.3 is 20.9 Å². The Balaban J connectivity index is 1.92. The van der Waals surface area contributed by atoms with E-state index in [-0.39, 0.29) is 11.9 Å². The second kappa shape index (κ2) is 7.76. The quantitative estimate of drug-likeness (QED) is 0.761. The smallest absolute Gasteiger partial charge is 0.319 e. The zero-order valence-electron chi connectivity index (χ0n) is 16.9. The van der Waals surface area contributed by atoms with Gasteiger partial charge in [0, 0.05) is 31.2 Å². The van der Waals surface area contributed by atoms with Gasteiger partial charge in [0.1, 0.15) is 0 Å². The zero-order chi connectivity index (χ0) is 20.4. The van der Waals surface area contributed by atoms with Crippen LogP contribution in [0.2, 0.25) is 0 Å². The molecule has 28 heavy (non-hydrogen) atoms. The first-order valence-corrected chi connectivity index (χ1v) is 9.20. The molecule has 1 heterocycles. The molecule has 0 fully saturated rings. The van der Waals surface area contributed by atoms with E-state index >= 15 is 0 Å². The van der Waals surface area contributed by atoms with Crippen LogP contribution in [0.3, 0.4) is 0 Å². The average molecular weight is 378 g/mol. The van der Waals surface area contributed by atoms with Crippen molar-refractivity contribution in [2.45, 2.75) is 26.8 Å². The van der Waals surface area contributed by atoms with Crippen molar-refractivity contribution in [2.75, 3.05) is 24.3 Å². The number of nitrogens with zero attached hydrogens (tertiary/aromatic N) is 1. The number of rotatable bonds is 4. The van der Waals surface area contributed by atoms with E-state index in [4.69, 9.17) is 0 Å². The third kappa shape index (κ3) is 4.01. The lowest BCUT2D eigenvalue weighted by Crippen LogP contribution is -2.45. The number of nitrogens with one attached hydrogen (secondary N) is 3. The number of carbonyl (C=O) groups is 2. The summed E-state index contributed by atoms with van der Waals surface area (Å²) in [7, 11) is 3.93. The van der Waals surface area contributed by atoms with Gasteiger partial charge in [-0.25, -0.2) is 4.79 Å². The van der Waals surface area contributed by atoms with E-state index in [1.165, 1.54) is 5.56 Å².